The highest BCUT2D eigenvalue weighted by Gasteiger charge is 2.29. The predicted octanol–water partition coefficient (Wildman–Crippen LogP) is 8.99. The minimum atomic E-state index is -0.933. The molecule has 1 aliphatic rings. The lowest BCUT2D eigenvalue weighted by Crippen LogP contribution is -2.12. The van der Waals surface area contributed by atoms with E-state index in [-0.39, 0.29) is 5.82 Å². The number of fused-ring (bicyclic) bond motifs is 3. The Morgan fingerprint density at radius 1 is 1.02 bits per heavy atom. The number of nitrogens with one attached hydrogen (secondary N) is 1. The van der Waals surface area contributed by atoms with Crippen LogP contribution in [0, 0.1) is 5.82 Å². The van der Waals surface area contributed by atoms with Gasteiger partial charge in [0.15, 0.2) is 0 Å². The Kier molecular flexibility index (Phi) is 11.6. The molecule has 0 spiro atoms. The number of halogens is 2. The van der Waals surface area contributed by atoms with Gasteiger partial charge >= 0.3 is 5.97 Å². The Morgan fingerprint density at radius 3 is 2.51 bits per heavy atom. The van der Waals surface area contributed by atoms with Gasteiger partial charge in [0.1, 0.15) is 17.3 Å². The molecule has 9 heteroatoms. The first-order valence-corrected chi connectivity index (χ1v) is 17.3. The van der Waals surface area contributed by atoms with Crippen molar-refractivity contribution in [2.24, 2.45) is 7.05 Å². The van der Waals surface area contributed by atoms with Gasteiger partial charge in [0.05, 0.1) is 22.8 Å². The summed E-state index contributed by atoms with van der Waals surface area (Å²) < 4.78 is 23.8. The fourth-order valence-corrected chi connectivity index (χ4v) is 7.14. The maximum atomic E-state index is 13.7. The van der Waals surface area contributed by atoms with Crippen LogP contribution in [-0.2, 0) is 32.9 Å². The third-order valence-electron chi connectivity index (χ3n) is 8.98. The van der Waals surface area contributed by atoms with Crippen molar-refractivity contribution in [1.82, 2.24) is 19.7 Å². The zero-order chi connectivity index (χ0) is 33.5. The van der Waals surface area contributed by atoms with Gasteiger partial charge < -0.3 is 19.7 Å². The minimum absolute atomic E-state index is 0.285. The molecule has 0 saturated carbocycles. The summed E-state index contributed by atoms with van der Waals surface area (Å²) in [4.78, 5) is 12.9. The molecule has 5 aromatic rings. The summed E-state index contributed by atoms with van der Waals surface area (Å²) >= 11 is 6.99. The number of carbonyl (C=O) groups is 1. The van der Waals surface area contributed by atoms with Crippen molar-refractivity contribution in [3.05, 3.63) is 82.0 Å². The topological polar surface area (TPSA) is 81.3 Å². The average molecular weight is 661 g/mol. The number of rotatable bonds is 9. The smallest absolute Gasteiger partial charge is 0.352 e. The molecular weight excluding hydrogens is 615 g/mol. The minimum Gasteiger partial charge on any atom is -0.493 e. The first-order valence-electron chi connectivity index (χ1n) is 16.9. The normalized spacial score (nSPS) is 13.1. The first-order chi connectivity index (χ1) is 22.8. The number of carboxylic acid groups (broad SMARTS) is 1. The number of hydrogen-bond acceptors (Lipinski definition) is 4. The van der Waals surface area contributed by atoms with E-state index in [1.54, 1.807) is 6.07 Å². The van der Waals surface area contributed by atoms with Crippen LogP contribution in [-0.4, -0.2) is 45.1 Å². The highest BCUT2D eigenvalue weighted by molar-refractivity contribution is 6.35. The van der Waals surface area contributed by atoms with Crippen LogP contribution in [0.15, 0.2) is 48.5 Å². The molecule has 7 nitrogen and oxygen atoms in total. The van der Waals surface area contributed by atoms with Crippen LogP contribution in [0.1, 0.15) is 80.3 Å². The summed E-state index contributed by atoms with van der Waals surface area (Å²) in [6, 6.07) is 14.1. The Hall–Kier alpha value is -3.88. The van der Waals surface area contributed by atoms with Gasteiger partial charge in [-0.2, -0.15) is 5.10 Å². The summed E-state index contributed by atoms with van der Waals surface area (Å²) in [6.45, 7) is 9.52. The van der Waals surface area contributed by atoms with Crippen LogP contribution in [0.3, 0.4) is 0 Å². The van der Waals surface area contributed by atoms with E-state index in [2.05, 4.69) is 26.1 Å². The van der Waals surface area contributed by atoms with E-state index < -0.39 is 5.97 Å². The lowest BCUT2D eigenvalue weighted by atomic mass is 9.95. The van der Waals surface area contributed by atoms with E-state index in [1.807, 2.05) is 46.6 Å². The fraction of sp³-hybridized carbons (Fsp3) is 0.421. The summed E-state index contributed by atoms with van der Waals surface area (Å²) in [7, 11) is 1.98. The lowest BCUT2D eigenvalue weighted by Gasteiger charge is -2.14. The maximum Gasteiger partial charge on any atom is 0.352 e. The van der Waals surface area contributed by atoms with Crippen LogP contribution in [0.4, 0.5) is 4.39 Å². The predicted molar refractivity (Wildman–Crippen MR) is 190 cm³/mol. The largest absolute Gasteiger partial charge is 0.493 e. The van der Waals surface area contributed by atoms with Crippen molar-refractivity contribution in [2.45, 2.75) is 78.7 Å². The molecule has 0 saturated heterocycles. The van der Waals surface area contributed by atoms with E-state index in [4.69, 9.17) is 21.4 Å². The quantitative estimate of drug-likeness (QED) is 0.154. The number of ether oxygens (including phenoxy) is 1. The van der Waals surface area contributed by atoms with Crippen LogP contribution >= 0.6 is 11.6 Å². The third-order valence-corrected chi connectivity index (χ3v) is 9.30. The highest BCUT2D eigenvalue weighted by atomic mass is 35.5. The number of carboxylic acids is 1. The van der Waals surface area contributed by atoms with E-state index in [1.165, 1.54) is 12.1 Å². The van der Waals surface area contributed by atoms with Crippen molar-refractivity contribution in [1.29, 1.82) is 0 Å². The molecular formula is C38H46ClFN4O3. The van der Waals surface area contributed by atoms with E-state index >= 15 is 0 Å². The van der Waals surface area contributed by atoms with Gasteiger partial charge in [-0.05, 0) is 92.9 Å². The van der Waals surface area contributed by atoms with Gasteiger partial charge in [0.25, 0.3) is 0 Å². The molecule has 2 N–H and O–H groups in total. The highest BCUT2D eigenvalue weighted by Crippen LogP contribution is 2.43. The van der Waals surface area contributed by atoms with E-state index in [9.17, 15) is 14.3 Å². The lowest BCUT2D eigenvalue weighted by molar-refractivity contribution is 0.0684. The van der Waals surface area contributed by atoms with Crippen LogP contribution in [0.25, 0.3) is 32.8 Å². The number of benzene rings is 3. The number of hydrogen-bond donors (Lipinski definition) is 2. The number of aromatic carboxylic acids is 1. The molecule has 0 fully saturated rings. The first kappa shape index (κ1) is 34.5. The number of aromatic nitrogens is 3. The molecule has 0 atom stereocenters. The molecule has 0 amide bonds. The zero-order valence-corrected chi connectivity index (χ0v) is 28.7. The summed E-state index contributed by atoms with van der Waals surface area (Å²) in [5.41, 5.74) is 6.10. The molecule has 3 heterocycles. The molecule has 3 aromatic carbocycles. The van der Waals surface area contributed by atoms with Crippen molar-refractivity contribution < 1.29 is 19.0 Å². The third kappa shape index (κ3) is 7.34. The SMILES string of the molecule is CCNCC.CCc1c2c(nn1C)CCCCCCn1c(C(=O)O)c(CCCOc3cccc4cc(F)ccc34)c3ccc(Cl)c-2c31. The zero-order valence-electron chi connectivity index (χ0n) is 28.0. The van der Waals surface area contributed by atoms with Crippen molar-refractivity contribution >= 4 is 39.2 Å². The Labute approximate surface area is 281 Å². The molecule has 250 valence electrons. The molecule has 1 aliphatic heterocycles. The second-order valence-corrected chi connectivity index (χ2v) is 12.5. The summed E-state index contributed by atoms with van der Waals surface area (Å²) in [6.07, 6.45) is 6.84. The van der Waals surface area contributed by atoms with Crippen molar-refractivity contribution in [2.75, 3.05) is 19.7 Å². The fourth-order valence-electron chi connectivity index (χ4n) is 6.89. The molecule has 0 radical (unpaired) electrons. The van der Waals surface area contributed by atoms with Gasteiger partial charge in [-0.25, -0.2) is 9.18 Å². The maximum absolute atomic E-state index is 13.7. The van der Waals surface area contributed by atoms with Crippen LogP contribution < -0.4 is 10.1 Å². The standard InChI is InChI=1S/C34H35ClFN3O3.C4H11N/c1-3-28-31-27(37-38(28)2)12-6-4-5-7-18-39-32-25(16-17-26(35)30(31)32)24(33(39)34(40)41)11-9-19-42-29-13-8-10-21-20-22(36)14-15-23(21)29;1-3-5-4-2/h8,10,13-17,20H,3-7,9,11-12,18-19H2,1-2H3,(H,40,41);5H,3-4H2,1-2H3. The van der Waals surface area contributed by atoms with Crippen LogP contribution in [0.2, 0.25) is 5.02 Å². The molecule has 0 bridgehead atoms. The number of nitrogens with zero attached hydrogens (tertiary/aromatic N) is 3. The molecule has 2 aromatic heterocycles. The van der Waals surface area contributed by atoms with Gasteiger partial charge in [0, 0.05) is 41.2 Å². The average Bonchev–Trinajstić information content (AvgIpc) is 3.53. The van der Waals surface area contributed by atoms with Gasteiger partial charge in [-0.1, -0.05) is 63.4 Å². The van der Waals surface area contributed by atoms with Crippen molar-refractivity contribution in [3.63, 3.8) is 0 Å². The van der Waals surface area contributed by atoms with Gasteiger partial charge in [-0.3, -0.25) is 4.68 Å². The second kappa shape index (κ2) is 15.8. The molecule has 6 rings (SSSR count). The Morgan fingerprint density at radius 2 is 1.79 bits per heavy atom. The van der Waals surface area contributed by atoms with Gasteiger partial charge in [-0.15, -0.1) is 0 Å². The Balaban J connectivity index is 0.000000807. The second-order valence-electron chi connectivity index (χ2n) is 12.0. The molecule has 0 aliphatic carbocycles. The Bertz CT molecular complexity index is 1860. The summed E-state index contributed by atoms with van der Waals surface area (Å²) in [5.74, 6) is -0.530. The molecule has 0 unspecified atom stereocenters. The monoisotopic (exact) mass is 660 g/mol. The summed E-state index contributed by atoms with van der Waals surface area (Å²) in [5, 5.41) is 21.7. The van der Waals surface area contributed by atoms with E-state index in [0.717, 1.165) is 101 Å². The van der Waals surface area contributed by atoms with Gasteiger partial charge in [0.2, 0.25) is 0 Å². The van der Waals surface area contributed by atoms with Crippen LogP contribution in [0.5, 0.6) is 5.75 Å². The molecule has 47 heavy (non-hydrogen) atoms. The van der Waals surface area contributed by atoms with E-state index in [0.29, 0.717) is 42.5 Å². The number of aryl methyl sites for hydroxylation is 4. The van der Waals surface area contributed by atoms with Crippen molar-refractivity contribution in [3.8, 4) is 16.9 Å².